The fourth-order valence-corrected chi connectivity index (χ4v) is 3.61. The molecule has 5 N–H and O–H groups in total. The fourth-order valence-electron chi connectivity index (χ4n) is 3.61. The number of pyridine rings is 1. The van der Waals surface area contributed by atoms with E-state index in [0.29, 0.717) is 11.5 Å². The van der Waals surface area contributed by atoms with Crippen LogP contribution >= 0.6 is 0 Å². The van der Waals surface area contributed by atoms with Crippen LogP contribution in [-0.2, 0) is 0 Å². The van der Waals surface area contributed by atoms with Crippen LogP contribution < -0.4 is 22.3 Å². The maximum Gasteiger partial charge on any atom is 0.274 e. The van der Waals surface area contributed by atoms with Crippen LogP contribution in [0.15, 0.2) is 35.4 Å². The van der Waals surface area contributed by atoms with Gasteiger partial charge in [0.05, 0.1) is 6.20 Å². The normalized spacial score (nSPS) is 15.1. The van der Waals surface area contributed by atoms with Gasteiger partial charge >= 0.3 is 0 Å². The Kier molecular flexibility index (Phi) is 4.27. The number of aromatic nitrogens is 4. The van der Waals surface area contributed by atoms with E-state index in [9.17, 15) is 9.59 Å². The van der Waals surface area contributed by atoms with Crippen LogP contribution in [0, 0.1) is 0 Å². The summed E-state index contributed by atoms with van der Waals surface area (Å²) in [5.41, 5.74) is 12.1. The van der Waals surface area contributed by atoms with Gasteiger partial charge in [-0.2, -0.15) is 9.61 Å². The smallest absolute Gasteiger partial charge is 0.274 e. The van der Waals surface area contributed by atoms with Gasteiger partial charge in [-0.1, -0.05) is 19.3 Å². The first-order valence-corrected chi connectivity index (χ1v) is 8.97. The van der Waals surface area contributed by atoms with Gasteiger partial charge in [-0.3, -0.25) is 9.59 Å². The van der Waals surface area contributed by atoms with Crippen LogP contribution in [0.4, 0.5) is 17.3 Å². The molecule has 0 unspecified atom stereocenters. The molecular formula is C18H21N7O2. The van der Waals surface area contributed by atoms with Gasteiger partial charge in [0.15, 0.2) is 5.65 Å². The van der Waals surface area contributed by atoms with Gasteiger partial charge in [0.1, 0.15) is 22.9 Å². The summed E-state index contributed by atoms with van der Waals surface area (Å²) < 4.78 is 3.12. The number of anilines is 3. The minimum Gasteiger partial charge on any atom is -0.383 e. The number of fused-ring (bicyclic) bond motifs is 1. The van der Waals surface area contributed by atoms with Crippen molar-refractivity contribution < 1.29 is 4.79 Å². The Hall–Kier alpha value is -3.36. The molecule has 3 heterocycles. The van der Waals surface area contributed by atoms with E-state index in [1.807, 2.05) is 12.3 Å². The first-order chi connectivity index (χ1) is 13.0. The maximum atomic E-state index is 12.9. The SMILES string of the molecule is NC(=O)c1cnn2c(N)cc(Nc3cccn(C4CCCCC4)c3=O)nc12. The molecule has 9 heteroatoms. The largest absolute Gasteiger partial charge is 0.383 e. The molecule has 9 nitrogen and oxygen atoms in total. The van der Waals surface area contributed by atoms with Crippen molar-refractivity contribution >= 4 is 28.9 Å². The molecule has 0 saturated heterocycles. The molecule has 1 aliphatic rings. The number of rotatable bonds is 4. The van der Waals surface area contributed by atoms with E-state index in [0.717, 1.165) is 25.7 Å². The standard InChI is InChI=1S/C18H21N7O2/c19-14-9-15(23-17-12(16(20)26)10-21-25(14)17)22-13-7-4-8-24(18(13)27)11-5-2-1-3-6-11/h4,7-11H,1-3,5-6,19H2,(H2,20,26)(H,22,23). The third-order valence-electron chi connectivity index (χ3n) is 4.97. The first kappa shape index (κ1) is 17.1. The van der Waals surface area contributed by atoms with E-state index in [-0.39, 0.29) is 28.6 Å². The van der Waals surface area contributed by atoms with E-state index >= 15 is 0 Å². The lowest BCUT2D eigenvalue weighted by Gasteiger charge is -2.24. The van der Waals surface area contributed by atoms with E-state index < -0.39 is 5.91 Å². The van der Waals surface area contributed by atoms with Crippen molar-refractivity contribution in [3.8, 4) is 0 Å². The van der Waals surface area contributed by atoms with Crippen molar-refractivity contribution in [2.24, 2.45) is 5.73 Å². The molecule has 0 atom stereocenters. The predicted octanol–water partition coefficient (Wildman–Crippen LogP) is 1.82. The third kappa shape index (κ3) is 3.12. The highest BCUT2D eigenvalue weighted by Crippen LogP contribution is 2.27. The molecule has 0 aromatic carbocycles. The third-order valence-corrected chi connectivity index (χ3v) is 4.97. The van der Waals surface area contributed by atoms with Crippen LogP contribution in [0.1, 0.15) is 48.5 Å². The molecule has 0 bridgehead atoms. The summed E-state index contributed by atoms with van der Waals surface area (Å²) in [4.78, 5) is 28.8. The van der Waals surface area contributed by atoms with Crippen molar-refractivity contribution in [3.63, 3.8) is 0 Å². The van der Waals surface area contributed by atoms with Crippen LogP contribution in [0.25, 0.3) is 5.65 Å². The van der Waals surface area contributed by atoms with Gasteiger partial charge in [-0.25, -0.2) is 4.98 Å². The summed E-state index contributed by atoms with van der Waals surface area (Å²) >= 11 is 0. The lowest BCUT2D eigenvalue weighted by atomic mass is 9.95. The Morgan fingerprint density at radius 3 is 2.78 bits per heavy atom. The van der Waals surface area contributed by atoms with Crippen LogP contribution in [0.3, 0.4) is 0 Å². The van der Waals surface area contributed by atoms with E-state index in [4.69, 9.17) is 11.5 Å². The second kappa shape index (κ2) is 6.75. The van der Waals surface area contributed by atoms with Gasteiger partial charge in [0, 0.05) is 18.3 Å². The molecule has 1 saturated carbocycles. The Labute approximate surface area is 155 Å². The number of nitrogens with two attached hydrogens (primary N) is 2. The molecule has 0 radical (unpaired) electrons. The molecule has 0 spiro atoms. The van der Waals surface area contributed by atoms with Crippen LogP contribution in [-0.4, -0.2) is 25.1 Å². The number of hydrogen-bond acceptors (Lipinski definition) is 6. The number of primary amides is 1. The predicted molar refractivity (Wildman–Crippen MR) is 102 cm³/mol. The number of nitrogen functional groups attached to an aromatic ring is 1. The first-order valence-electron chi connectivity index (χ1n) is 8.97. The average Bonchev–Trinajstić information content (AvgIpc) is 3.09. The zero-order valence-electron chi connectivity index (χ0n) is 14.8. The zero-order valence-corrected chi connectivity index (χ0v) is 14.8. The van der Waals surface area contributed by atoms with Crippen molar-refractivity contribution in [2.45, 2.75) is 38.1 Å². The van der Waals surface area contributed by atoms with Crippen molar-refractivity contribution in [3.05, 3.63) is 46.5 Å². The molecule has 1 aliphatic carbocycles. The number of carbonyl (C=O) groups excluding carboxylic acids is 1. The molecule has 1 amide bonds. The topological polar surface area (TPSA) is 133 Å². The Balaban J connectivity index is 1.71. The highest BCUT2D eigenvalue weighted by Gasteiger charge is 2.18. The summed E-state index contributed by atoms with van der Waals surface area (Å²) in [7, 11) is 0. The molecular weight excluding hydrogens is 346 g/mol. The summed E-state index contributed by atoms with van der Waals surface area (Å²) in [5, 5.41) is 7.04. The Bertz CT molecular complexity index is 1060. The Morgan fingerprint density at radius 2 is 2.04 bits per heavy atom. The highest BCUT2D eigenvalue weighted by molar-refractivity contribution is 5.98. The number of hydrogen-bond donors (Lipinski definition) is 3. The van der Waals surface area contributed by atoms with Gasteiger partial charge < -0.3 is 21.4 Å². The van der Waals surface area contributed by atoms with Crippen molar-refractivity contribution in [2.75, 3.05) is 11.1 Å². The maximum absolute atomic E-state index is 12.9. The molecule has 0 aliphatic heterocycles. The molecule has 27 heavy (non-hydrogen) atoms. The van der Waals surface area contributed by atoms with Crippen molar-refractivity contribution in [1.29, 1.82) is 0 Å². The van der Waals surface area contributed by atoms with Crippen molar-refractivity contribution in [1.82, 2.24) is 19.2 Å². The molecule has 140 valence electrons. The minimum absolute atomic E-state index is 0.103. The monoisotopic (exact) mass is 367 g/mol. The van der Waals surface area contributed by atoms with Crippen LogP contribution in [0.5, 0.6) is 0 Å². The molecule has 1 fully saturated rings. The van der Waals surface area contributed by atoms with Gasteiger partial charge in [-0.05, 0) is 25.0 Å². The van der Waals surface area contributed by atoms with E-state index in [1.165, 1.54) is 17.1 Å². The molecule has 3 aromatic heterocycles. The number of carbonyl (C=O) groups is 1. The summed E-state index contributed by atoms with van der Waals surface area (Å²) in [6.45, 7) is 0. The van der Waals surface area contributed by atoms with Crippen LogP contribution in [0.2, 0.25) is 0 Å². The summed E-state index contributed by atoms with van der Waals surface area (Å²) in [6.07, 6.45) is 8.68. The zero-order chi connectivity index (χ0) is 19.0. The van der Waals surface area contributed by atoms with E-state index in [2.05, 4.69) is 15.4 Å². The minimum atomic E-state index is -0.645. The Morgan fingerprint density at radius 1 is 1.26 bits per heavy atom. The fraction of sp³-hybridized carbons (Fsp3) is 0.333. The van der Waals surface area contributed by atoms with E-state index in [1.54, 1.807) is 16.7 Å². The lowest BCUT2D eigenvalue weighted by molar-refractivity contribution is 0.100. The van der Waals surface area contributed by atoms with Gasteiger partial charge in [0.2, 0.25) is 0 Å². The lowest BCUT2D eigenvalue weighted by Crippen LogP contribution is -2.27. The van der Waals surface area contributed by atoms with Gasteiger partial charge in [-0.15, -0.1) is 0 Å². The second-order valence-electron chi connectivity index (χ2n) is 6.78. The average molecular weight is 367 g/mol. The summed E-state index contributed by atoms with van der Waals surface area (Å²) in [5.74, 6) is -0.0200. The van der Waals surface area contributed by atoms with Gasteiger partial charge in [0.25, 0.3) is 11.5 Å². The second-order valence-corrected chi connectivity index (χ2v) is 6.78. The molecule has 3 aromatic rings. The number of amides is 1. The quantitative estimate of drug-likeness (QED) is 0.644. The number of nitrogens with zero attached hydrogens (tertiary/aromatic N) is 4. The number of nitrogens with one attached hydrogen (secondary N) is 1. The molecule has 4 rings (SSSR count). The summed E-state index contributed by atoms with van der Waals surface area (Å²) in [6, 6.07) is 5.33. The highest BCUT2D eigenvalue weighted by atomic mass is 16.1.